The molecule has 12 heteroatoms. The average Bonchev–Trinajstić information content (AvgIpc) is 1.57. The quantitative estimate of drug-likeness (QED) is 0.107. The molecular weight excluding hydrogens is 1350 g/mol. The van der Waals surface area contributed by atoms with Gasteiger partial charge in [0.25, 0.3) is 0 Å². The van der Waals surface area contributed by atoms with Crippen LogP contribution in [0.2, 0.25) is 0 Å². The fraction of sp³-hybridized carbons (Fsp3) is 0.0204. The smallest absolute Gasteiger partial charge is 0.167 e. The maximum atomic E-state index is 7.45. The van der Waals surface area contributed by atoms with E-state index in [-0.39, 0.29) is 6.17 Å². The number of fused-ring (bicyclic) bond motifs is 8. The van der Waals surface area contributed by atoms with E-state index in [0.29, 0.717) is 46.1 Å². The first-order valence-corrected chi connectivity index (χ1v) is 37.0. The molecule has 0 radical (unpaired) electrons. The zero-order valence-electron chi connectivity index (χ0n) is 59.2. The minimum atomic E-state index is -0.394. The summed E-state index contributed by atoms with van der Waals surface area (Å²) in [6.45, 7) is 0. The van der Waals surface area contributed by atoms with Crippen LogP contribution in [0.4, 0.5) is 34.1 Å². The third-order valence-electron chi connectivity index (χ3n) is 21.2. The van der Waals surface area contributed by atoms with Gasteiger partial charge in [-0.15, -0.1) is 0 Å². The second-order valence-corrected chi connectivity index (χ2v) is 27.7. The van der Waals surface area contributed by atoms with Crippen LogP contribution in [-0.4, -0.2) is 29.9 Å². The van der Waals surface area contributed by atoms with Crippen molar-refractivity contribution >= 4 is 78.0 Å². The van der Waals surface area contributed by atoms with Gasteiger partial charge in [-0.2, -0.15) is 0 Å². The molecule has 15 aromatic carbocycles. The van der Waals surface area contributed by atoms with Crippen molar-refractivity contribution in [1.29, 1.82) is 0 Å². The van der Waals surface area contributed by atoms with Crippen molar-refractivity contribution in [2.45, 2.75) is 12.3 Å². The van der Waals surface area contributed by atoms with Crippen molar-refractivity contribution in [2.75, 3.05) is 20.4 Å². The van der Waals surface area contributed by atoms with E-state index in [9.17, 15) is 0 Å². The first-order valence-electron chi connectivity index (χ1n) is 37.0. The Morgan fingerprint density at radius 3 is 0.991 bits per heavy atom. The van der Waals surface area contributed by atoms with Crippen LogP contribution >= 0.6 is 0 Å². The molecule has 2 unspecified atom stereocenters. The number of hydrogen-bond acceptors (Lipinski definition) is 12. The highest BCUT2D eigenvalue weighted by Gasteiger charge is 2.37. The number of rotatable bonds is 14. The van der Waals surface area contributed by atoms with E-state index in [1.54, 1.807) is 0 Å². The van der Waals surface area contributed by atoms with Gasteiger partial charge in [0.15, 0.2) is 34.9 Å². The SMILES string of the molecule is c1ccc(-c2nc(-c3cccc(-c4cccc(-c5cccc(N6c7ccccc7NC6c6ccc(-c7ccccc7)c7c6oc6c(-c8nc(-c9ccccc9)nc(-c9ccccc9)n8)cccc67)c5)c4)c3)nc(-c3cccc4c3oc3c(C5Nc6ccccc6N5c5ccccc5)ccc(-c5ccccc5)c34)n2)cc1. The number of aromatic nitrogens is 6. The molecule has 12 nitrogen and oxygen atoms in total. The lowest BCUT2D eigenvalue weighted by molar-refractivity contribution is 0.656. The van der Waals surface area contributed by atoms with Crippen molar-refractivity contribution in [3.8, 4) is 113 Å². The van der Waals surface area contributed by atoms with Gasteiger partial charge in [-0.1, -0.05) is 291 Å². The molecular formula is C98H64N10O2. The lowest BCUT2D eigenvalue weighted by Gasteiger charge is -2.28. The molecule has 0 spiro atoms. The summed E-state index contributed by atoms with van der Waals surface area (Å²) in [6, 6.07) is 127. The zero-order valence-corrected chi connectivity index (χ0v) is 59.2. The third-order valence-corrected chi connectivity index (χ3v) is 21.2. The monoisotopic (exact) mass is 1410 g/mol. The predicted molar refractivity (Wildman–Crippen MR) is 445 cm³/mol. The molecule has 21 rings (SSSR count). The second kappa shape index (κ2) is 26.6. The van der Waals surface area contributed by atoms with Crippen LogP contribution < -0.4 is 20.4 Å². The zero-order chi connectivity index (χ0) is 72.6. The number of para-hydroxylation sites is 7. The van der Waals surface area contributed by atoms with E-state index in [1.807, 2.05) is 91.0 Å². The van der Waals surface area contributed by atoms with E-state index in [0.717, 1.165) is 156 Å². The Hall–Kier alpha value is -14.9. The molecule has 0 bridgehead atoms. The molecule has 110 heavy (non-hydrogen) atoms. The highest BCUT2D eigenvalue weighted by molar-refractivity contribution is 6.18. The summed E-state index contributed by atoms with van der Waals surface area (Å²) in [5.74, 6) is 3.25. The molecule has 0 aliphatic carbocycles. The highest BCUT2D eigenvalue weighted by Crippen LogP contribution is 2.53. The molecule has 2 N–H and O–H groups in total. The average molecular weight is 1410 g/mol. The molecule has 518 valence electrons. The molecule has 4 aromatic heterocycles. The fourth-order valence-corrected chi connectivity index (χ4v) is 16.1. The summed E-state index contributed by atoms with van der Waals surface area (Å²) in [5.41, 5.74) is 24.6. The molecule has 19 aromatic rings. The Morgan fingerprint density at radius 2 is 0.545 bits per heavy atom. The van der Waals surface area contributed by atoms with Crippen molar-refractivity contribution in [3.63, 3.8) is 0 Å². The van der Waals surface area contributed by atoms with Gasteiger partial charge in [-0.05, 0) is 117 Å². The van der Waals surface area contributed by atoms with Gasteiger partial charge in [0.2, 0.25) is 0 Å². The summed E-state index contributed by atoms with van der Waals surface area (Å²) in [4.78, 5) is 36.2. The van der Waals surface area contributed by atoms with Gasteiger partial charge in [0.1, 0.15) is 34.7 Å². The molecule has 0 saturated heterocycles. The number of nitrogens with zero attached hydrogens (tertiary/aromatic N) is 8. The predicted octanol–water partition coefficient (Wildman–Crippen LogP) is 25.1. The lowest BCUT2D eigenvalue weighted by atomic mass is 9.95. The Labute approximate surface area is 633 Å². The normalized spacial score (nSPS) is 13.7. The topological polar surface area (TPSA) is 134 Å². The van der Waals surface area contributed by atoms with Crippen LogP contribution in [0.1, 0.15) is 23.5 Å². The molecule has 0 amide bonds. The summed E-state index contributed by atoms with van der Waals surface area (Å²) in [7, 11) is 0. The van der Waals surface area contributed by atoms with Gasteiger partial charge >= 0.3 is 0 Å². The maximum Gasteiger partial charge on any atom is 0.167 e. The van der Waals surface area contributed by atoms with Gasteiger partial charge in [0.05, 0.1) is 33.9 Å². The van der Waals surface area contributed by atoms with Crippen LogP contribution in [0.3, 0.4) is 0 Å². The van der Waals surface area contributed by atoms with Gasteiger partial charge < -0.3 is 29.3 Å². The molecule has 0 fully saturated rings. The first kappa shape index (κ1) is 63.6. The van der Waals surface area contributed by atoms with Crippen molar-refractivity contribution < 1.29 is 8.83 Å². The minimum absolute atomic E-state index is 0.291. The number of benzene rings is 15. The van der Waals surface area contributed by atoms with Crippen molar-refractivity contribution in [2.24, 2.45) is 0 Å². The lowest BCUT2D eigenvalue weighted by Crippen LogP contribution is -2.23. The van der Waals surface area contributed by atoms with E-state index < -0.39 is 6.17 Å². The second-order valence-electron chi connectivity index (χ2n) is 27.7. The number of nitrogens with one attached hydrogen (secondary N) is 2. The Morgan fingerprint density at radius 1 is 0.227 bits per heavy atom. The third kappa shape index (κ3) is 11.1. The van der Waals surface area contributed by atoms with Gasteiger partial charge in [0, 0.05) is 66.3 Å². The largest absolute Gasteiger partial charge is 0.455 e. The van der Waals surface area contributed by atoms with Crippen LogP contribution in [0.25, 0.3) is 157 Å². The standard InChI is InChI=1S/C98H64N10O2/c1-7-28-61(29-8-1)73-54-56-79(97-99-81-50-19-21-52-83(81)107(97)71-43-17-6-18-44-71)89-85(73)75-47-27-49-78(88(75)109-89)96-105-93(65-36-15-5-16-37-65)102-94(106-96)70-42-24-40-68(59-70)66-38-23-39-67(58-66)69-41-25-45-72(60-69)108-84-53-22-20-51-82(84)100-98(108)80-57-55-74(62-30-9-2-10-31-62)86-76-46-26-48-77(87(76)110-90(80)86)95-103-91(63-32-11-3-12-33-63)101-92(104-95)64-34-13-4-14-35-64/h1-60,97-100H. The van der Waals surface area contributed by atoms with Crippen LogP contribution in [0.15, 0.2) is 373 Å². The van der Waals surface area contributed by atoms with Gasteiger partial charge in [-0.3, -0.25) is 0 Å². The summed E-state index contributed by atoms with van der Waals surface area (Å²) >= 11 is 0. The van der Waals surface area contributed by atoms with E-state index >= 15 is 0 Å². The van der Waals surface area contributed by atoms with Crippen molar-refractivity contribution in [3.05, 3.63) is 375 Å². The van der Waals surface area contributed by atoms with E-state index in [2.05, 4.69) is 293 Å². The molecule has 6 heterocycles. The molecule has 2 aliphatic heterocycles. The molecule has 2 aliphatic rings. The summed E-state index contributed by atoms with van der Waals surface area (Å²) in [5, 5.41) is 11.8. The Kier molecular flexibility index (Phi) is 15.4. The van der Waals surface area contributed by atoms with Crippen LogP contribution in [0.5, 0.6) is 0 Å². The van der Waals surface area contributed by atoms with Crippen LogP contribution in [-0.2, 0) is 0 Å². The van der Waals surface area contributed by atoms with E-state index in [4.69, 9.17) is 38.7 Å². The minimum Gasteiger partial charge on any atom is -0.455 e. The Bertz CT molecular complexity index is 6700. The van der Waals surface area contributed by atoms with E-state index in [1.165, 1.54) is 0 Å². The number of hydrogen-bond donors (Lipinski definition) is 2. The maximum absolute atomic E-state index is 7.45. The molecule has 2 atom stereocenters. The van der Waals surface area contributed by atoms with Crippen molar-refractivity contribution in [1.82, 2.24) is 29.9 Å². The summed E-state index contributed by atoms with van der Waals surface area (Å²) < 4.78 is 14.9. The number of anilines is 6. The van der Waals surface area contributed by atoms with Gasteiger partial charge in [-0.25, -0.2) is 29.9 Å². The Balaban J connectivity index is 0.654. The first-order chi connectivity index (χ1) is 54.5. The highest BCUT2D eigenvalue weighted by atomic mass is 16.3. The molecule has 0 saturated carbocycles. The number of furan rings is 2. The van der Waals surface area contributed by atoms with Crippen LogP contribution in [0, 0.1) is 0 Å². The summed E-state index contributed by atoms with van der Waals surface area (Å²) in [6.07, 6.45) is -0.685. The fourth-order valence-electron chi connectivity index (χ4n) is 16.1.